The fraction of sp³-hybridized carbons (Fsp3) is 0.636. The van der Waals surface area contributed by atoms with Gasteiger partial charge >= 0.3 is 0 Å². The zero-order valence-electron chi connectivity index (χ0n) is 18.2. The number of halogens is 1. The summed E-state index contributed by atoms with van der Waals surface area (Å²) in [6.45, 7) is 8.27. The smallest absolute Gasteiger partial charge is 0.137 e. The Bertz CT molecular complexity index is 687. The summed E-state index contributed by atoms with van der Waals surface area (Å²) in [5, 5.41) is 4.17. The summed E-state index contributed by atoms with van der Waals surface area (Å²) in [4.78, 5) is 11.0. The molecule has 29 heavy (non-hydrogen) atoms. The summed E-state index contributed by atoms with van der Waals surface area (Å²) in [7, 11) is 3.31. The van der Waals surface area contributed by atoms with Crippen LogP contribution in [0.2, 0.25) is 0 Å². The number of pyridine rings is 1. The van der Waals surface area contributed by atoms with Gasteiger partial charge in [0.25, 0.3) is 0 Å². The molecule has 1 aliphatic heterocycles. The molecule has 7 heteroatoms. The van der Waals surface area contributed by atoms with E-state index in [0.29, 0.717) is 34.9 Å². The Morgan fingerprint density at radius 3 is 2.83 bits per heavy atom. The van der Waals surface area contributed by atoms with Crippen molar-refractivity contribution in [2.75, 3.05) is 40.3 Å². The second kappa shape index (κ2) is 12.2. The average molecular weight is 422 g/mol. The summed E-state index contributed by atoms with van der Waals surface area (Å²) in [6.07, 6.45) is 6.49. The predicted octanol–water partition coefficient (Wildman–Crippen LogP) is 3.52. The Morgan fingerprint density at radius 1 is 1.41 bits per heavy atom. The lowest BCUT2D eigenvalue weighted by molar-refractivity contribution is 0.279. The molecule has 0 amide bonds. The molecule has 6 nitrogen and oxygen atoms in total. The molecule has 1 aromatic heterocycles. The zero-order valence-corrected chi connectivity index (χ0v) is 19.0. The predicted molar refractivity (Wildman–Crippen MR) is 123 cm³/mol. The summed E-state index contributed by atoms with van der Waals surface area (Å²) in [5.41, 5.74) is 8.56. The largest absolute Gasteiger partial charge is 0.495 e. The van der Waals surface area contributed by atoms with Gasteiger partial charge < -0.3 is 15.8 Å². The lowest BCUT2D eigenvalue weighted by atomic mass is 10.1. The second-order valence-corrected chi connectivity index (χ2v) is 8.41. The van der Waals surface area contributed by atoms with Crippen molar-refractivity contribution >= 4 is 22.5 Å². The summed E-state index contributed by atoms with van der Waals surface area (Å²) in [5.74, 6) is 1.41. The van der Waals surface area contributed by atoms with Gasteiger partial charge in [-0.05, 0) is 50.4 Å². The molecule has 1 aromatic rings. The topological polar surface area (TPSA) is 75.8 Å². The Morgan fingerprint density at radius 2 is 2.21 bits per heavy atom. The van der Waals surface area contributed by atoms with Crippen molar-refractivity contribution in [1.82, 2.24) is 15.2 Å². The average Bonchev–Trinajstić information content (AvgIpc) is 2.95. The van der Waals surface area contributed by atoms with Gasteiger partial charge in [0, 0.05) is 31.8 Å². The monoisotopic (exact) mass is 421 g/mol. The van der Waals surface area contributed by atoms with Gasteiger partial charge in [-0.3, -0.25) is 14.9 Å². The number of aliphatic imine (C=N–C) groups is 1. The van der Waals surface area contributed by atoms with E-state index >= 15 is 0 Å². The second-order valence-electron chi connectivity index (χ2n) is 8.05. The van der Waals surface area contributed by atoms with Crippen LogP contribution in [-0.4, -0.2) is 61.4 Å². The number of rotatable bonds is 9. The highest BCUT2D eigenvalue weighted by Crippen LogP contribution is 2.20. The number of hydrogen-bond donors (Lipinski definition) is 2. The summed E-state index contributed by atoms with van der Waals surface area (Å²) >= 11 is 6.47. The fourth-order valence-electron chi connectivity index (χ4n) is 3.54. The van der Waals surface area contributed by atoms with Crippen molar-refractivity contribution in [2.24, 2.45) is 16.6 Å². The van der Waals surface area contributed by atoms with E-state index in [9.17, 15) is 0 Å². The quantitative estimate of drug-likeness (QED) is 0.596. The number of ether oxygens (including phenoxy) is 1. The van der Waals surface area contributed by atoms with Gasteiger partial charge in [-0.1, -0.05) is 31.9 Å². The molecule has 0 saturated carbocycles. The van der Waals surface area contributed by atoms with E-state index in [0.717, 1.165) is 31.1 Å². The van der Waals surface area contributed by atoms with Crippen LogP contribution in [-0.2, 0) is 0 Å². The van der Waals surface area contributed by atoms with Crippen LogP contribution in [0.25, 0.3) is 5.70 Å². The van der Waals surface area contributed by atoms with E-state index in [2.05, 4.69) is 34.0 Å². The van der Waals surface area contributed by atoms with Gasteiger partial charge in [-0.25, -0.2) is 0 Å². The molecular weight excluding hydrogens is 386 g/mol. The van der Waals surface area contributed by atoms with E-state index in [1.807, 2.05) is 12.1 Å². The van der Waals surface area contributed by atoms with Gasteiger partial charge in [0.15, 0.2) is 0 Å². The molecule has 2 heterocycles. The van der Waals surface area contributed by atoms with E-state index < -0.39 is 0 Å². The van der Waals surface area contributed by atoms with Gasteiger partial charge in [0.05, 0.1) is 24.7 Å². The highest BCUT2D eigenvalue weighted by molar-refractivity contribution is 6.70. The van der Waals surface area contributed by atoms with Crippen LogP contribution in [0.5, 0.6) is 5.75 Å². The minimum absolute atomic E-state index is 0.439. The molecule has 3 N–H and O–H groups in total. The molecule has 2 rings (SSSR count). The highest BCUT2D eigenvalue weighted by Gasteiger charge is 2.21. The van der Waals surface area contributed by atoms with E-state index in [1.165, 1.54) is 25.7 Å². The van der Waals surface area contributed by atoms with Crippen molar-refractivity contribution in [1.29, 1.82) is 0 Å². The maximum Gasteiger partial charge on any atom is 0.137 e. The van der Waals surface area contributed by atoms with Crippen molar-refractivity contribution in [3.05, 3.63) is 29.6 Å². The molecule has 0 spiro atoms. The third kappa shape index (κ3) is 7.61. The number of nitrogens with one attached hydrogen (secondary N) is 1. The third-order valence-corrected chi connectivity index (χ3v) is 5.71. The first-order chi connectivity index (χ1) is 13.9. The number of nitrogens with two attached hydrogens (primary N) is 1. The lowest BCUT2D eigenvalue weighted by Gasteiger charge is -2.26. The van der Waals surface area contributed by atoms with Crippen LogP contribution in [0.1, 0.15) is 45.2 Å². The van der Waals surface area contributed by atoms with Crippen LogP contribution >= 0.6 is 11.6 Å². The number of hydrogen-bond acceptors (Lipinski definition) is 6. The van der Waals surface area contributed by atoms with Crippen LogP contribution in [0.4, 0.5) is 0 Å². The molecule has 0 bridgehead atoms. The maximum atomic E-state index is 6.48. The molecule has 1 fully saturated rings. The SMILES string of the molecule is CN=C(Cl)/C(CN1CCCCC(NCCC(C)C)C1)=C(\N)c1ccc(OC)cn1. The molecule has 1 atom stereocenters. The van der Waals surface area contributed by atoms with E-state index in [1.54, 1.807) is 20.4 Å². The van der Waals surface area contributed by atoms with Crippen LogP contribution in [0, 0.1) is 5.92 Å². The number of methoxy groups -OCH3 is 1. The molecule has 1 unspecified atom stereocenters. The first kappa shape index (κ1) is 23.6. The van der Waals surface area contributed by atoms with Crippen molar-refractivity contribution in [3.63, 3.8) is 0 Å². The molecule has 0 aromatic carbocycles. The van der Waals surface area contributed by atoms with Gasteiger partial charge in [-0.15, -0.1) is 0 Å². The van der Waals surface area contributed by atoms with Crippen molar-refractivity contribution < 1.29 is 4.74 Å². The molecule has 1 aliphatic rings. The molecule has 0 radical (unpaired) electrons. The maximum absolute atomic E-state index is 6.48. The van der Waals surface area contributed by atoms with Crippen LogP contribution in [0.15, 0.2) is 28.9 Å². The van der Waals surface area contributed by atoms with Gasteiger partial charge in [-0.2, -0.15) is 0 Å². The van der Waals surface area contributed by atoms with Crippen LogP contribution < -0.4 is 15.8 Å². The Hall–Kier alpha value is -1.63. The van der Waals surface area contributed by atoms with Crippen molar-refractivity contribution in [2.45, 2.75) is 45.6 Å². The molecule has 0 aliphatic carbocycles. The number of aromatic nitrogens is 1. The Balaban J connectivity index is 2.15. The minimum atomic E-state index is 0.439. The zero-order chi connectivity index (χ0) is 21.2. The Kier molecular flexibility index (Phi) is 9.91. The van der Waals surface area contributed by atoms with E-state index in [4.69, 9.17) is 22.1 Å². The summed E-state index contributed by atoms with van der Waals surface area (Å²) < 4.78 is 5.19. The number of likely N-dealkylation sites (tertiary alicyclic amines) is 1. The first-order valence-corrected chi connectivity index (χ1v) is 10.9. The number of nitrogens with zero attached hydrogens (tertiary/aromatic N) is 3. The normalized spacial score (nSPS) is 19.8. The minimum Gasteiger partial charge on any atom is -0.495 e. The van der Waals surface area contributed by atoms with Crippen molar-refractivity contribution in [3.8, 4) is 5.75 Å². The summed E-state index contributed by atoms with van der Waals surface area (Å²) in [6, 6.07) is 4.20. The van der Waals surface area contributed by atoms with Gasteiger partial charge in [0.2, 0.25) is 0 Å². The Labute approximate surface area is 180 Å². The lowest BCUT2D eigenvalue weighted by Crippen LogP contribution is -2.41. The standard InChI is InChI=1S/C22H36ClN5O/c1-16(2)10-11-26-17-7-5-6-12-28(14-17)15-19(22(23)25-3)21(24)20-9-8-18(29-4)13-27-20/h8-9,13,16-17,26H,5-7,10-12,14-15,24H2,1-4H3/b21-19-,25-22?. The van der Waals surface area contributed by atoms with Crippen LogP contribution in [0.3, 0.4) is 0 Å². The first-order valence-electron chi connectivity index (χ1n) is 10.5. The third-order valence-electron chi connectivity index (χ3n) is 5.31. The fourth-order valence-corrected chi connectivity index (χ4v) is 3.70. The molecular formula is C22H36ClN5O. The van der Waals surface area contributed by atoms with E-state index in [-0.39, 0.29) is 0 Å². The molecule has 1 saturated heterocycles. The molecule has 162 valence electrons. The highest BCUT2D eigenvalue weighted by atomic mass is 35.5. The van der Waals surface area contributed by atoms with Gasteiger partial charge in [0.1, 0.15) is 10.9 Å².